The molecule has 1 fully saturated rings. The Balaban J connectivity index is 1.85. The zero-order valence-corrected chi connectivity index (χ0v) is 11.0. The van der Waals surface area contributed by atoms with E-state index in [-0.39, 0.29) is 0 Å². The molecule has 94 valence electrons. The molecule has 1 aliphatic heterocycles. The average molecular weight is 232 g/mol. The minimum absolute atomic E-state index is 0.847. The second-order valence-electron chi connectivity index (χ2n) is 5.70. The number of rotatable bonds is 3. The van der Waals surface area contributed by atoms with Gasteiger partial charge in [0.05, 0.1) is 0 Å². The van der Waals surface area contributed by atoms with Gasteiger partial charge in [-0.2, -0.15) is 0 Å². The van der Waals surface area contributed by atoms with Crippen LogP contribution >= 0.6 is 0 Å². The molecule has 2 heteroatoms. The van der Waals surface area contributed by atoms with E-state index in [0.29, 0.717) is 0 Å². The third-order valence-corrected chi connectivity index (χ3v) is 3.61. The average Bonchev–Trinajstić information content (AvgIpc) is 2.25. The molecule has 1 aromatic rings. The molecular weight excluding hydrogens is 208 g/mol. The molecule has 0 aromatic heterocycles. The first kappa shape index (κ1) is 12.4. The van der Waals surface area contributed by atoms with E-state index in [1.54, 1.807) is 0 Å². The summed E-state index contributed by atoms with van der Waals surface area (Å²) >= 11 is 0. The van der Waals surface area contributed by atoms with Gasteiger partial charge in [0.15, 0.2) is 0 Å². The predicted molar refractivity (Wildman–Crippen MR) is 73.9 cm³/mol. The minimum Gasteiger partial charge on any atom is -0.399 e. The van der Waals surface area contributed by atoms with Crippen molar-refractivity contribution in [2.24, 2.45) is 11.8 Å². The second-order valence-corrected chi connectivity index (χ2v) is 5.70. The molecule has 1 aliphatic rings. The van der Waals surface area contributed by atoms with Crippen LogP contribution in [0, 0.1) is 11.8 Å². The van der Waals surface area contributed by atoms with Crippen LogP contribution in [-0.2, 0) is 6.42 Å². The van der Waals surface area contributed by atoms with E-state index in [9.17, 15) is 0 Å². The van der Waals surface area contributed by atoms with Crippen molar-refractivity contribution in [3.63, 3.8) is 0 Å². The van der Waals surface area contributed by atoms with Crippen molar-refractivity contribution in [3.8, 4) is 0 Å². The molecule has 2 unspecified atom stereocenters. The third kappa shape index (κ3) is 3.74. The fourth-order valence-corrected chi connectivity index (χ4v) is 3.01. The summed E-state index contributed by atoms with van der Waals surface area (Å²) in [4.78, 5) is 2.60. The minimum atomic E-state index is 0.847. The molecule has 0 aliphatic carbocycles. The molecule has 1 aromatic carbocycles. The summed E-state index contributed by atoms with van der Waals surface area (Å²) in [6, 6.07) is 8.27. The quantitative estimate of drug-likeness (QED) is 0.812. The molecule has 0 bridgehead atoms. The summed E-state index contributed by atoms with van der Waals surface area (Å²) in [5.41, 5.74) is 8.03. The Bertz CT molecular complexity index is 352. The Morgan fingerprint density at radius 1 is 1.24 bits per heavy atom. The Hall–Kier alpha value is -1.02. The number of benzene rings is 1. The molecule has 2 rings (SSSR count). The summed E-state index contributed by atoms with van der Waals surface area (Å²) in [7, 11) is 0. The van der Waals surface area contributed by atoms with Gasteiger partial charge >= 0.3 is 0 Å². The normalized spacial score (nSPS) is 26.0. The Labute approximate surface area is 105 Å². The molecule has 1 saturated heterocycles. The molecule has 0 amide bonds. The van der Waals surface area contributed by atoms with Crippen LogP contribution in [0.5, 0.6) is 0 Å². The topological polar surface area (TPSA) is 29.3 Å². The van der Waals surface area contributed by atoms with E-state index >= 15 is 0 Å². The highest BCUT2D eigenvalue weighted by molar-refractivity contribution is 5.40. The van der Waals surface area contributed by atoms with Crippen LogP contribution < -0.4 is 5.73 Å². The van der Waals surface area contributed by atoms with Crippen molar-refractivity contribution >= 4 is 5.69 Å². The zero-order chi connectivity index (χ0) is 12.3. The number of nitrogen functional groups attached to an aromatic ring is 1. The molecule has 1 heterocycles. The van der Waals surface area contributed by atoms with Gasteiger partial charge in [0.1, 0.15) is 0 Å². The lowest BCUT2D eigenvalue weighted by Crippen LogP contribution is -2.39. The fourth-order valence-electron chi connectivity index (χ4n) is 3.01. The van der Waals surface area contributed by atoms with Crippen molar-refractivity contribution in [2.75, 3.05) is 25.4 Å². The second kappa shape index (κ2) is 5.54. The highest BCUT2D eigenvalue weighted by atomic mass is 15.1. The summed E-state index contributed by atoms with van der Waals surface area (Å²) in [6.45, 7) is 8.41. The SMILES string of the molecule is CC1CC(C)CN(CCc2cccc(N)c2)C1. The molecule has 2 atom stereocenters. The number of likely N-dealkylation sites (tertiary alicyclic amines) is 1. The first-order chi connectivity index (χ1) is 8.13. The van der Waals surface area contributed by atoms with Gasteiger partial charge in [-0.15, -0.1) is 0 Å². The molecule has 2 nitrogen and oxygen atoms in total. The van der Waals surface area contributed by atoms with Crippen molar-refractivity contribution < 1.29 is 0 Å². The predicted octanol–water partition coefficient (Wildman–Crippen LogP) is 2.79. The van der Waals surface area contributed by atoms with Gasteiger partial charge in [0, 0.05) is 25.3 Å². The van der Waals surface area contributed by atoms with Crippen molar-refractivity contribution in [2.45, 2.75) is 26.7 Å². The van der Waals surface area contributed by atoms with E-state index in [2.05, 4.69) is 30.9 Å². The van der Waals surface area contributed by atoms with E-state index in [4.69, 9.17) is 5.73 Å². The molecule has 0 saturated carbocycles. The lowest BCUT2D eigenvalue weighted by atomic mass is 9.91. The molecule has 17 heavy (non-hydrogen) atoms. The Morgan fingerprint density at radius 2 is 1.94 bits per heavy atom. The number of hydrogen-bond donors (Lipinski definition) is 1. The van der Waals surface area contributed by atoms with Crippen LogP contribution in [0.4, 0.5) is 5.69 Å². The van der Waals surface area contributed by atoms with Gasteiger partial charge in [-0.1, -0.05) is 26.0 Å². The highest BCUT2D eigenvalue weighted by Crippen LogP contribution is 2.21. The number of hydrogen-bond acceptors (Lipinski definition) is 2. The van der Waals surface area contributed by atoms with E-state index in [1.165, 1.54) is 25.1 Å². The van der Waals surface area contributed by atoms with Gasteiger partial charge in [-0.3, -0.25) is 0 Å². The van der Waals surface area contributed by atoms with Crippen molar-refractivity contribution in [3.05, 3.63) is 29.8 Å². The summed E-state index contributed by atoms with van der Waals surface area (Å²) in [5.74, 6) is 1.69. The van der Waals surface area contributed by atoms with Gasteiger partial charge in [-0.25, -0.2) is 0 Å². The lowest BCUT2D eigenvalue weighted by molar-refractivity contribution is 0.142. The summed E-state index contributed by atoms with van der Waals surface area (Å²) in [6.07, 6.45) is 2.50. The number of nitrogens with two attached hydrogens (primary N) is 1. The van der Waals surface area contributed by atoms with Crippen LogP contribution in [0.25, 0.3) is 0 Å². The van der Waals surface area contributed by atoms with E-state index in [1.807, 2.05) is 12.1 Å². The van der Waals surface area contributed by atoms with Gasteiger partial charge < -0.3 is 10.6 Å². The standard InChI is InChI=1S/C15H24N2/c1-12-8-13(2)11-17(10-12)7-6-14-4-3-5-15(16)9-14/h3-5,9,12-13H,6-8,10-11,16H2,1-2H3. The Kier molecular flexibility index (Phi) is 4.06. The van der Waals surface area contributed by atoms with Crippen LogP contribution in [0.2, 0.25) is 0 Å². The van der Waals surface area contributed by atoms with E-state index < -0.39 is 0 Å². The maximum Gasteiger partial charge on any atom is 0.0316 e. The van der Waals surface area contributed by atoms with Crippen molar-refractivity contribution in [1.82, 2.24) is 4.90 Å². The first-order valence-corrected chi connectivity index (χ1v) is 6.70. The van der Waals surface area contributed by atoms with Gasteiger partial charge in [-0.05, 0) is 42.4 Å². The van der Waals surface area contributed by atoms with Crippen LogP contribution in [0.3, 0.4) is 0 Å². The third-order valence-electron chi connectivity index (χ3n) is 3.61. The maximum absolute atomic E-state index is 5.80. The summed E-state index contributed by atoms with van der Waals surface area (Å²) < 4.78 is 0. The monoisotopic (exact) mass is 232 g/mol. The largest absolute Gasteiger partial charge is 0.399 e. The Morgan fingerprint density at radius 3 is 2.59 bits per heavy atom. The van der Waals surface area contributed by atoms with Crippen molar-refractivity contribution in [1.29, 1.82) is 0 Å². The fraction of sp³-hybridized carbons (Fsp3) is 0.600. The van der Waals surface area contributed by atoms with Crippen LogP contribution in [0.1, 0.15) is 25.8 Å². The van der Waals surface area contributed by atoms with Crippen LogP contribution in [-0.4, -0.2) is 24.5 Å². The number of nitrogens with zero attached hydrogens (tertiary/aromatic N) is 1. The smallest absolute Gasteiger partial charge is 0.0316 e. The van der Waals surface area contributed by atoms with Gasteiger partial charge in [0.25, 0.3) is 0 Å². The summed E-state index contributed by atoms with van der Waals surface area (Å²) in [5, 5.41) is 0. The first-order valence-electron chi connectivity index (χ1n) is 6.70. The number of anilines is 1. The van der Waals surface area contributed by atoms with Gasteiger partial charge in [0.2, 0.25) is 0 Å². The highest BCUT2D eigenvalue weighted by Gasteiger charge is 2.21. The molecule has 0 radical (unpaired) electrons. The van der Waals surface area contributed by atoms with E-state index in [0.717, 1.165) is 30.5 Å². The number of piperidine rings is 1. The molecule has 0 spiro atoms. The zero-order valence-electron chi connectivity index (χ0n) is 11.0. The van der Waals surface area contributed by atoms with Crippen LogP contribution in [0.15, 0.2) is 24.3 Å². The maximum atomic E-state index is 5.80. The molecule has 2 N–H and O–H groups in total. The molecular formula is C15H24N2. The lowest BCUT2D eigenvalue weighted by Gasteiger charge is -2.35.